The van der Waals surface area contributed by atoms with Crippen LogP contribution < -0.4 is 9.92 Å². The summed E-state index contributed by atoms with van der Waals surface area (Å²) >= 11 is 12.6. The Bertz CT molecular complexity index is 338. The number of halogens is 2. The van der Waals surface area contributed by atoms with E-state index in [4.69, 9.17) is 26.9 Å². The van der Waals surface area contributed by atoms with Gasteiger partial charge in [-0.25, -0.2) is 0 Å². The third kappa shape index (κ3) is 5.21. The summed E-state index contributed by atoms with van der Waals surface area (Å²) in [5.41, 5.74) is 0. The van der Waals surface area contributed by atoms with Gasteiger partial charge in [-0.2, -0.15) is 0 Å². The molecular weight excluding hydrogens is 283 g/mol. The third-order valence-electron chi connectivity index (χ3n) is 2.99. The second-order valence-corrected chi connectivity index (χ2v) is 11.6. The molecule has 1 aromatic rings. The zero-order chi connectivity index (χ0) is 13.4. The molecule has 0 aromatic heterocycles. The monoisotopic (exact) mass is 304 g/mol. The summed E-state index contributed by atoms with van der Waals surface area (Å²) in [5.74, 6) is 0.907. The van der Waals surface area contributed by atoms with Crippen molar-refractivity contribution < 1.29 is 4.74 Å². The third-order valence-corrected chi connectivity index (χ3v) is 7.97. The molecule has 1 rings (SSSR count). The second-order valence-electron chi connectivity index (χ2n) is 4.49. The zero-order valence-electron chi connectivity index (χ0n) is 11.2. The fraction of sp³-hybridized carbons (Fsp3) is 0.571. The topological polar surface area (TPSA) is 9.23 Å². The highest BCUT2D eigenvalue weighted by atomic mass is 35.7. The molecule has 0 unspecified atom stereocenters. The van der Waals surface area contributed by atoms with Crippen molar-refractivity contribution in [3.8, 4) is 5.75 Å². The molecule has 0 saturated carbocycles. The lowest BCUT2D eigenvalue weighted by Crippen LogP contribution is -2.35. The SMILES string of the molecule is CCCCCCOc1ccc([Si](Cl)(Cl)CC)cc1. The first-order chi connectivity index (χ1) is 8.60. The zero-order valence-corrected chi connectivity index (χ0v) is 13.7. The second kappa shape index (κ2) is 8.08. The highest BCUT2D eigenvalue weighted by molar-refractivity contribution is 7.50. The lowest BCUT2D eigenvalue weighted by atomic mass is 10.2. The van der Waals surface area contributed by atoms with Crippen molar-refractivity contribution >= 4 is 34.0 Å². The van der Waals surface area contributed by atoms with E-state index in [9.17, 15) is 0 Å². The molecule has 0 saturated heterocycles. The number of hydrogen-bond donors (Lipinski definition) is 0. The summed E-state index contributed by atoms with van der Waals surface area (Å²) in [6.07, 6.45) is 4.90. The number of ether oxygens (including phenoxy) is 1. The van der Waals surface area contributed by atoms with Crippen LogP contribution in [0.15, 0.2) is 24.3 Å². The average molecular weight is 305 g/mol. The molecule has 0 fully saturated rings. The summed E-state index contributed by atoms with van der Waals surface area (Å²) in [7, 11) is 0. The normalized spacial score (nSPS) is 11.6. The maximum atomic E-state index is 6.32. The first kappa shape index (κ1) is 15.9. The lowest BCUT2D eigenvalue weighted by Gasteiger charge is -2.15. The van der Waals surface area contributed by atoms with Crippen LogP contribution in [0.4, 0.5) is 0 Å². The van der Waals surface area contributed by atoms with Crippen molar-refractivity contribution in [2.45, 2.75) is 45.6 Å². The van der Waals surface area contributed by atoms with E-state index in [0.29, 0.717) is 0 Å². The Kier molecular flexibility index (Phi) is 7.13. The number of unbranched alkanes of at least 4 members (excludes halogenated alkanes) is 3. The first-order valence-corrected chi connectivity index (χ1v) is 10.9. The lowest BCUT2D eigenvalue weighted by molar-refractivity contribution is 0.305. The molecule has 1 aromatic carbocycles. The van der Waals surface area contributed by atoms with Gasteiger partial charge in [-0.15, -0.1) is 22.2 Å². The Balaban J connectivity index is 2.41. The van der Waals surface area contributed by atoms with Crippen LogP contribution in [-0.2, 0) is 0 Å². The van der Waals surface area contributed by atoms with E-state index in [1.807, 2.05) is 31.2 Å². The van der Waals surface area contributed by atoms with Crippen molar-refractivity contribution in [2.75, 3.05) is 6.61 Å². The van der Waals surface area contributed by atoms with Crippen LogP contribution in [0.2, 0.25) is 6.04 Å². The summed E-state index contributed by atoms with van der Waals surface area (Å²) in [6.45, 7) is 2.80. The van der Waals surface area contributed by atoms with Gasteiger partial charge < -0.3 is 4.74 Å². The minimum Gasteiger partial charge on any atom is -0.494 e. The summed E-state index contributed by atoms with van der Waals surface area (Å²) in [5, 5.41) is 1.06. The molecule has 0 spiro atoms. The predicted octanol–water partition coefficient (Wildman–Crippen LogP) is 4.79. The molecule has 0 aliphatic carbocycles. The predicted molar refractivity (Wildman–Crippen MR) is 83.7 cm³/mol. The smallest absolute Gasteiger partial charge is 0.280 e. The molecule has 102 valence electrons. The van der Waals surface area contributed by atoms with Crippen molar-refractivity contribution in [1.82, 2.24) is 0 Å². The van der Waals surface area contributed by atoms with Crippen LogP contribution >= 0.6 is 22.2 Å². The fourth-order valence-corrected chi connectivity index (χ4v) is 3.54. The Hall–Kier alpha value is -0.183. The van der Waals surface area contributed by atoms with Gasteiger partial charge in [-0.3, -0.25) is 0 Å². The van der Waals surface area contributed by atoms with Crippen LogP contribution in [0.25, 0.3) is 0 Å². The Labute approximate surface area is 121 Å². The summed E-state index contributed by atoms with van der Waals surface area (Å²) < 4.78 is 5.68. The van der Waals surface area contributed by atoms with Gasteiger partial charge in [0.2, 0.25) is 0 Å². The molecule has 0 amide bonds. The van der Waals surface area contributed by atoms with Gasteiger partial charge in [0.15, 0.2) is 0 Å². The molecule has 18 heavy (non-hydrogen) atoms. The molecule has 1 nitrogen and oxygen atoms in total. The molecule has 0 aliphatic heterocycles. The number of benzene rings is 1. The van der Waals surface area contributed by atoms with Gasteiger partial charge in [-0.05, 0) is 29.8 Å². The Morgan fingerprint density at radius 1 is 1.00 bits per heavy atom. The molecule has 0 radical (unpaired) electrons. The van der Waals surface area contributed by atoms with Gasteiger partial charge in [-0.1, -0.05) is 45.2 Å². The van der Waals surface area contributed by atoms with E-state index in [-0.39, 0.29) is 0 Å². The highest BCUT2D eigenvalue weighted by Crippen LogP contribution is 2.21. The highest BCUT2D eigenvalue weighted by Gasteiger charge is 2.28. The van der Waals surface area contributed by atoms with Crippen LogP contribution in [-0.4, -0.2) is 13.3 Å². The first-order valence-electron chi connectivity index (χ1n) is 6.71. The van der Waals surface area contributed by atoms with Gasteiger partial charge in [0.25, 0.3) is 6.69 Å². The minimum atomic E-state index is -2.24. The maximum Gasteiger partial charge on any atom is 0.280 e. The van der Waals surface area contributed by atoms with Gasteiger partial charge in [0.05, 0.1) is 6.61 Å². The van der Waals surface area contributed by atoms with Gasteiger partial charge in [0.1, 0.15) is 5.75 Å². The van der Waals surface area contributed by atoms with Crippen molar-refractivity contribution in [2.24, 2.45) is 0 Å². The van der Waals surface area contributed by atoms with E-state index in [2.05, 4.69) is 6.92 Å². The van der Waals surface area contributed by atoms with Crippen molar-refractivity contribution in [1.29, 1.82) is 0 Å². The molecule has 4 heteroatoms. The van der Waals surface area contributed by atoms with Crippen LogP contribution in [0.3, 0.4) is 0 Å². The van der Waals surface area contributed by atoms with Crippen LogP contribution in [0.5, 0.6) is 5.75 Å². The Morgan fingerprint density at radius 3 is 2.22 bits per heavy atom. The van der Waals surface area contributed by atoms with E-state index >= 15 is 0 Å². The summed E-state index contributed by atoms with van der Waals surface area (Å²) in [6, 6.07) is 8.76. The largest absolute Gasteiger partial charge is 0.494 e. The van der Waals surface area contributed by atoms with Crippen molar-refractivity contribution in [3.05, 3.63) is 24.3 Å². The van der Waals surface area contributed by atoms with E-state index in [1.54, 1.807) is 0 Å². The maximum absolute atomic E-state index is 6.32. The van der Waals surface area contributed by atoms with Crippen LogP contribution in [0.1, 0.15) is 39.5 Å². The van der Waals surface area contributed by atoms with E-state index in [0.717, 1.165) is 30.0 Å². The van der Waals surface area contributed by atoms with Crippen LogP contribution in [0, 0.1) is 0 Å². The molecule has 0 heterocycles. The molecule has 0 atom stereocenters. The molecule has 0 aliphatic rings. The van der Waals surface area contributed by atoms with Gasteiger partial charge >= 0.3 is 0 Å². The minimum absolute atomic E-state index is 0.789. The average Bonchev–Trinajstić information content (AvgIpc) is 2.39. The van der Waals surface area contributed by atoms with E-state index in [1.165, 1.54) is 19.3 Å². The molecular formula is C14H22Cl2OSi. The number of hydrogen-bond acceptors (Lipinski definition) is 1. The fourth-order valence-electron chi connectivity index (χ4n) is 1.72. The Morgan fingerprint density at radius 2 is 1.67 bits per heavy atom. The molecule has 0 N–H and O–H groups in total. The van der Waals surface area contributed by atoms with Gasteiger partial charge in [0, 0.05) is 0 Å². The van der Waals surface area contributed by atoms with Crippen molar-refractivity contribution in [3.63, 3.8) is 0 Å². The standard InChI is InChI=1S/C14H22Cl2OSi/c1-3-5-6-7-12-17-13-8-10-14(11-9-13)18(15,16)4-2/h8-11H,3-7,12H2,1-2H3. The number of rotatable bonds is 8. The van der Waals surface area contributed by atoms with E-state index < -0.39 is 6.69 Å². The molecule has 0 bridgehead atoms. The summed E-state index contributed by atoms with van der Waals surface area (Å²) in [4.78, 5) is 0. The quantitative estimate of drug-likeness (QED) is 0.381.